The second kappa shape index (κ2) is 8.62. The lowest BCUT2D eigenvalue weighted by Crippen LogP contribution is -2.02. The van der Waals surface area contributed by atoms with E-state index in [9.17, 15) is 4.79 Å². The Kier molecular flexibility index (Phi) is 5.57. The van der Waals surface area contributed by atoms with Crippen LogP contribution in [-0.2, 0) is 4.79 Å². The van der Waals surface area contributed by atoms with E-state index in [1.54, 1.807) is 18.5 Å². The van der Waals surface area contributed by atoms with Crippen molar-refractivity contribution in [2.75, 3.05) is 5.73 Å². The van der Waals surface area contributed by atoms with Crippen LogP contribution in [0.2, 0.25) is 0 Å². The molecule has 0 saturated carbocycles. The van der Waals surface area contributed by atoms with Crippen molar-refractivity contribution in [2.45, 2.75) is 13.8 Å². The van der Waals surface area contributed by atoms with Gasteiger partial charge in [-0.25, -0.2) is 15.0 Å². The van der Waals surface area contributed by atoms with Crippen molar-refractivity contribution in [3.05, 3.63) is 84.3 Å². The topological polar surface area (TPSA) is 98.7 Å². The number of carbonyl (C=O) groups is 1. The van der Waals surface area contributed by atoms with E-state index in [1.165, 1.54) is 0 Å². The van der Waals surface area contributed by atoms with Gasteiger partial charge in [-0.1, -0.05) is 23.8 Å². The maximum absolute atomic E-state index is 10.6. The lowest BCUT2D eigenvalue weighted by Gasteiger charge is -2.11. The van der Waals surface area contributed by atoms with Gasteiger partial charge < -0.3 is 11.1 Å². The third kappa shape index (κ3) is 3.93. The zero-order valence-corrected chi connectivity index (χ0v) is 17.3. The number of anilines is 1. The van der Waals surface area contributed by atoms with Crippen LogP contribution in [0.15, 0.2) is 73.1 Å². The van der Waals surface area contributed by atoms with Crippen molar-refractivity contribution in [3.63, 3.8) is 0 Å². The number of hydrogen-bond acceptors (Lipinski definition) is 5. The van der Waals surface area contributed by atoms with Gasteiger partial charge in [0.2, 0.25) is 6.41 Å². The number of allylic oxidation sites excluding steroid dienone is 3. The number of fused-ring (bicyclic) bond motifs is 1. The largest absolute Gasteiger partial charge is 0.383 e. The Balaban J connectivity index is 1.96. The Bertz CT molecular complexity index is 1300. The van der Waals surface area contributed by atoms with E-state index < -0.39 is 0 Å². The zero-order valence-electron chi connectivity index (χ0n) is 17.3. The minimum atomic E-state index is 0.406. The first-order valence-corrected chi connectivity index (χ1v) is 9.82. The number of nitrogens with one attached hydrogen (secondary N) is 1. The van der Waals surface area contributed by atoms with Gasteiger partial charge in [0.1, 0.15) is 11.3 Å². The average molecular weight is 410 g/mol. The number of aromatic nitrogens is 4. The van der Waals surface area contributed by atoms with Gasteiger partial charge in [0.25, 0.3) is 0 Å². The van der Waals surface area contributed by atoms with E-state index in [0.717, 1.165) is 33.6 Å². The highest BCUT2D eigenvalue weighted by atomic mass is 16.1. The van der Waals surface area contributed by atoms with Crippen LogP contribution in [0, 0.1) is 6.92 Å². The summed E-state index contributed by atoms with van der Waals surface area (Å²) in [5, 5.41) is 2.53. The lowest BCUT2D eigenvalue weighted by molar-refractivity contribution is -0.108. The highest BCUT2D eigenvalue weighted by Crippen LogP contribution is 2.31. The molecule has 7 heteroatoms. The van der Waals surface area contributed by atoms with E-state index in [0.29, 0.717) is 23.7 Å². The molecule has 3 heterocycles. The molecule has 0 spiro atoms. The lowest BCUT2D eigenvalue weighted by atomic mass is 10.1. The SMILES string of the molecule is C/C=C(\C=C/NC=O)c1ccc2nc(-c3cccnc3N)n(-c3ccc(C)cc3)c2n1. The number of nitrogens with zero attached hydrogens (tertiary/aromatic N) is 4. The molecule has 0 radical (unpaired) electrons. The Morgan fingerprint density at radius 1 is 1.10 bits per heavy atom. The van der Waals surface area contributed by atoms with Crippen molar-refractivity contribution < 1.29 is 4.79 Å². The van der Waals surface area contributed by atoms with Crippen LogP contribution in [0.25, 0.3) is 33.8 Å². The van der Waals surface area contributed by atoms with Crippen LogP contribution < -0.4 is 11.1 Å². The van der Waals surface area contributed by atoms with Gasteiger partial charge in [-0.15, -0.1) is 0 Å². The Morgan fingerprint density at radius 2 is 1.90 bits per heavy atom. The molecule has 0 saturated heterocycles. The van der Waals surface area contributed by atoms with Crippen LogP contribution in [0.5, 0.6) is 0 Å². The number of pyridine rings is 2. The summed E-state index contributed by atoms with van der Waals surface area (Å²) in [4.78, 5) is 24.5. The molecule has 3 N–H and O–H groups in total. The van der Waals surface area contributed by atoms with Crippen molar-refractivity contribution in [1.29, 1.82) is 0 Å². The summed E-state index contributed by atoms with van der Waals surface area (Å²) < 4.78 is 1.99. The second-order valence-corrected chi connectivity index (χ2v) is 6.94. The number of benzene rings is 1. The summed E-state index contributed by atoms with van der Waals surface area (Å²) in [6, 6.07) is 15.7. The Hall–Kier alpha value is -4.26. The fourth-order valence-corrected chi connectivity index (χ4v) is 3.35. The first-order chi connectivity index (χ1) is 15.1. The number of nitrogens with two attached hydrogens (primary N) is 1. The first kappa shape index (κ1) is 20.0. The Labute approximate surface area is 180 Å². The molecule has 7 nitrogen and oxygen atoms in total. The predicted molar refractivity (Wildman–Crippen MR) is 123 cm³/mol. The fourth-order valence-electron chi connectivity index (χ4n) is 3.35. The van der Waals surface area contributed by atoms with Crippen LogP contribution in [-0.4, -0.2) is 25.9 Å². The fraction of sp³-hybridized carbons (Fsp3) is 0.0833. The number of rotatable bonds is 6. The van der Waals surface area contributed by atoms with Crippen LogP contribution in [0.3, 0.4) is 0 Å². The van der Waals surface area contributed by atoms with E-state index in [2.05, 4.69) is 10.3 Å². The quantitative estimate of drug-likeness (QED) is 0.369. The molecule has 4 aromatic rings. The molecule has 0 atom stereocenters. The van der Waals surface area contributed by atoms with E-state index in [4.69, 9.17) is 15.7 Å². The van der Waals surface area contributed by atoms with Crippen LogP contribution in [0.1, 0.15) is 18.2 Å². The number of amides is 1. The highest BCUT2D eigenvalue weighted by Gasteiger charge is 2.18. The third-order valence-corrected chi connectivity index (χ3v) is 4.91. The van der Waals surface area contributed by atoms with Crippen molar-refractivity contribution in [2.24, 2.45) is 0 Å². The van der Waals surface area contributed by atoms with Gasteiger partial charge in [0.05, 0.1) is 11.3 Å². The molecule has 3 aromatic heterocycles. The van der Waals surface area contributed by atoms with Crippen molar-refractivity contribution in [3.8, 4) is 17.1 Å². The van der Waals surface area contributed by atoms with E-state index in [-0.39, 0.29) is 0 Å². The number of hydrogen-bond donors (Lipinski definition) is 2. The molecule has 0 aliphatic rings. The maximum Gasteiger partial charge on any atom is 0.211 e. The molecule has 1 amide bonds. The smallest absolute Gasteiger partial charge is 0.211 e. The zero-order chi connectivity index (χ0) is 21.8. The summed E-state index contributed by atoms with van der Waals surface area (Å²) in [5.74, 6) is 1.08. The molecule has 1 aromatic carbocycles. The van der Waals surface area contributed by atoms with Gasteiger partial charge in [-0.2, -0.15) is 0 Å². The summed E-state index contributed by atoms with van der Waals surface area (Å²) in [6.45, 7) is 3.97. The minimum Gasteiger partial charge on any atom is -0.383 e. The second-order valence-electron chi connectivity index (χ2n) is 6.94. The predicted octanol–water partition coefficient (Wildman–Crippen LogP) is 4.04. The molecule has 0 bridgehead atoms. The minimum absolute atomic E-state index is 0.406. The highest BCUT2D eigenvalue weighted by molar-refractivity contribution is 5.85. The van der Waals surface area contributed by atoms with Gasteiger partial charge >= 0.3 is 0 Å². The number of aryl methyl sites for hydroxylation is 1. The van der Waals surface area contributed by atoms with Crippen LogP contribution in [0.4, 0.5) is 5.82 Å². The molecule has 4 rings (SSSR count). The van der Waals surface area contributed by atoms with E-state index >= 15 is 0 Å². The normalized spacial score (nSPS) is 11.9. The number of carbonyl (C=O) groups excluding carboxylic acids is 1. The van der Waals surface area contributed by atoms with Crippen molar-refractivity contribution >= 4 is 29.0 Å². The van der Waals surface area contributed by atoms with Gasteiger partial charge in [-0.3, -0.25) is 9.36 Å². The third-order valence-electron chi connectivity index (χ3n) is 4.91. The molecule has 31 heavy (non-hydrogen) atoms. The molecular weight excluding hydrogens is 388 g/mol. The molecule has 0 aliphatic carbocycles. The maximum atomic E-state index is 10.6. The molecule has 0 unspecified atom stereocenters. The summed E-state index contributed by atoms with van der Waals surface area (Å²) >= 11 is 0. The number of imidazole rings is 1. The summed E-state index contributed by atoms with van der Waals surface area (Å²) in [7, 11) is 0. The molecule has 0 fully saturated rings. The summed E-state index contributed by atoms with van der Waals surface area (Å²) in [5.41, 5.74) is 12.1. The van der Waals surface area contributed by atoms with Crippen LogP contribution >= 0.6 is 0 Å². The standard InChI is InChI=1S/C24H22N6O/c1-3-17(12-14-26-15-31)20-10-11-21-24(28-20)30(18-8-6-16(2)7-9-18)23(29-21)19-5-4-13-27-22(19)25/h3-15H,1-2H3,(H2,25,27)(H,26,31)/b14-12-,17-3+. The van der Waals surface area contributed by atoms with Crippen molar-refractivity contribution in [1.82, 2.24) is 24.8 Å². The van der Waals surface area contributed by atoms with Gasteiger partial charge in [-0.05, 0) is 61.9 Å². The monoisotopic (exact) mass is 410 g/mol. The first-order valence-electron chi connectivity index (χ1n) is 9.82. The van der Waals surface area contributed by atoms with Gasteiger partial charge in [0.15, 0.2) is 11.5 Å². The van der Waals surface area contributed by atoms with Gasteiger partial charge in [0, 0.05) is 18.1 Å². The molecular formula is C24H22N6O. The van der Waals surface area contributed by atoms with E-state index in [1.807, 2.05) is 73.0 Å². The Morgan fingerprint density at radius 3 is 2.61 bits per heavy atom. The average Bonchev–Trinajstić information content (AvgIpc) is 3.16. The summed E-state index contributed by atoms with van der Waals surface area (Å²) in [6.07, 6.45) is 7.59. The molecule has 0 aliphatic heterocycles. The number of nitrogen functional groups attached to an aromatic ring is 1. The molecule has 154 valence electrons.